The summed E-state index contributed by atoms with van der Waals surface area (Å²) in [6, 6.07) is 6.21. The van der Waals surface area contributed by atoms with Crippen molar-refractivity contribution in [2.45, 2.75) is 50.3 Å². The van der Waals surface area contributed by atoms with E-state index in [4.69, 9.17) is 28.0 Å². The van der Waals surface area contributed by atoms with Crippen LogP contribution in [-0.4, -0.2) is 42.4 Å². The third kappa shape index (κ3) is 3.06. The molecule has 2 aliphatic rings. The third-order valence-electron chi connectivity index (χ3n) is 5.37. The van der Waals surface area contributed by atoms with Crippen LogP contribution in [0.2, 0.25) is 10.0 Å². The van der Waals surface area contributed by atoms with E-state index in [1.54, 1.807) is 7.11 Å². The second-order valence-corrected chi connectivity index (χ2v) is 7.44. The van der Waals surface area contributed by atoms with E-state index in [1.165, 1.54) is 5.57 Å². The van der Waals surface area contributed by atoms with E-state index in [2.05, 4.69) is 24.4 Å². The van der Waals surface area contributed by atoms with Crippen molar-refractivity contribution in [2.24, 2.45) is 0 Å². The van der Waals surface area contributed by atoms with E-state index in [0.29, 0.717) is 16.1 Å². The number of halogens is 2. The number of rotatable bonds is 4. The van der Waals surface area contributed by atoms with Gasteiger partial charge >= 0.3 is 0 Å². The minimum Gasteiger partial charge on any atom is -0.391 e. The maximum Gasteiger partial charge on any atom is 0.0749 e. The summed E-state index contributed by atoms with van der Waals surface area (Å²) in [5.41, 5.74) is 6.40. The monoisotopic (exact) mass is 370 g/mol. The van der Waals surface area contributed by atoms with Gasteiger partial charge in [-0.3, -0.25) is 15.2 Å². The molecule has 2 saturated heterocycles. The highest BCUT2D eigenvalue weighted by molar-refractivity contribution is 6.42. The summed E-state index contributed by atoms with van der Waals surface area (Å²) in [6.45, 7) is 2.09. The molecule has 0 aliphatic carbocycles. The highest BCUT2D eigenvalue weighted by Gasteiger charge is 2.48. The van der Waals surface area contributed by atoms with Crippen LogP contribution in [-0.2, 0) is 4.84 Å². The molecule has 0 amide bonds. The number of nitrogens with zero attached hydrogens (tertiary/aromatic N) is 1. The summed E-state index contributed by atoms with van der Waals surface area (Å²) in [4.78, 5) is 7.49. The largest absolute Gasteiger partial charge is 0.391 e. The normalized spacial score (nSPS) is 32.1. The molecule has 1 aromatic rings. The summed E-state index contributed by atoms with van der Waals surface area (Å²) in [7, 11) is 3.71. The molecule has 0 radical (unpaired) electrons. The fraction of sp³-hybridized carbons (Fsp3) is 0.556. The Hall–Kier alpha value is -0.780. The first kappa shape index (κ1) is 18.0. The lowest BCUT2D eigenvalue weighted by atomic mass is 9.79. The number of hydroxylamine groups is 1. The van der Waals surface area contributed by atoms with Crippen molar-refractivity contribution in [3.05, 3.63) is 45.1 Å². The molecular weight excluding hydrogens is 347 g/mol. The van der Waals surface area contributed by atoms with E-state index >= 15 is 0 Å². The molecule has 2 heterocycles. The molecule has 6 heteroatoms. The van der Waals surface area contributed by atoms with E-state index in [0.717, 1.165) is 30.5 Å². The average molecular weight is 371 g/mol. The van der Waals surface area contributed by atoms with Gasteiger partial charge < -0.3 is 5.11 Å². The van der Waals surface area contributed by atoms with Crippen LogP contribution in [0.15, 0.2) is 29.5 Å². The highest BCUT2D eigenvalue weighted by atomic mass is 35.5. The van der Waals surface area contributed by atoms with Crippen LogP contribution in [0, 0.1) is 0 Å². The van der Waals surface area contributed by atoms with Gasteiger partial charge in [-0.05, 0) is 49.6 Å². The summed E-state index contributed by atoms with van der Waals surface area (Å²) < 4.78 is 0. The van der Waals surface area contributed by atoms with Gasteiger partial charge in [0.1, 0.15) is 0 Å². The SMILES string of the molecule is CCC(NOC)=C1[C@@H]2C(O)CC(C[C@@H]1c1ccc(Cl)c(Cl)c1)N2C. The van der Waals surface area contributed by atoms with E-state index < -0.39 is 0 Å². The second-order valence-electron chi connectivity index (χ2n) is 6.62. The lowest BCUT2D eigenvalue weighted by Gasteiger charge is -2.40. The predicted molar refractivity (Wildman–Crippen MR) is 97.2 cm³/mol. The van der Waals surface area contributed by atoms with E-state index in [-0.39, 0.29) is 18.1 Å². The number of likely N-dealkylation sites (N-methyl/N-ethyl adjacent to an activating group) is 1. The summed E-state index contributed by atoms with van der Waals surface area (Å²) in [6.07, 6.45) is 2.20. The molecule has 0 aromatic heterocycles. The van der Waals surface area contributed by atoms with Gasteiger partial charge in [-0.2, -0.15) is 0 Å². The average Bonchev–Trinajstić information content (AvgIpc) is 2.74. The molecule has 3 rings (SSSR count). The van der Waals surface area contributed by atoms with Crippen LogP contribution < -0.4 is 5.48 Å². The Morgan fingerprint density at radius 2 is 2.08 bits per heavy atom. The van der Waals surface area contributed by atoms with Gasteiger partial charge in [-0.25, -0.2) is 0 Å². The lowest BCUT2D eigenvalue weighted by molar-refractivity contribution is 0.101. The Morgan fingerprint density at radius 3 is 2.71 bits per heavy atom. The lowest BCUT2D eigenvalue weighted by Crippen LogP contribution is -2.45. The fourth-order valence-electron chi connectivity index (χ4n) is 4.26. The molecule has 4 atom stereocenters. The minimum absolute atomic E-state index is 0.000744. The molecule has 4 nitrogen and oxygen atoms in total. The number of hydrogen-bond acceptors (Lipinski definition) is 4. The van der Waals surface area contributed by atoms with Crippen molar-refractivity contribution >= 4 is 23.2 Å². The van der Waals surface area contributed by atoms with Gasteiger partial charge in [0, 0.05) is 17.7 Å². The Bertz CT molecular complexity index is 650. The zero-order chi connectivity index (χ0) is 17.4. The maximum atomic E-state index is 10.6. The van der Waals surface area contributed by atoms with Crippen molar-refractivity contribution in [3.63, 3.8) is 0 Å². The molecule has 0 spiro atoms. The molecule has 2 N–H and O–H groups in total. The standard InChI is InChI=1S/C18H24Cl2N2O2/c1-4-15(21-24-3)17-12(10-5-6-13(19)14(20)7-10)8-11-9-16(23)18(17)22(11)2/h5-7,11-12,16,18,21,23H,4,8-9H2,1-3H3/t11?,12-,16?,18+/m1/s1. The predicted octanol–water partition coefficient (Wildman–Crippen LogP) is 3.73. The van der Waals surface area contributed by atoms with Crippen molar-refractivity contribution < 1.29 is 9.94 Å². The van der Waals surface area contributed by atoms with Crippen LogP contribution in [0.3, 0.4) is 0 Å². The fourth-order valence-corrected chi connectivity index (χ4v) is 4.57. The van der Waals surface area contributed by atoms with Crippen molar-refractivity contribution in [1.29, 1.82) is 0 Å². The van der Waals surface area contributed by atoms with Gasteiger partial charge in [0.15, 0.2) is 0 Å². The third-order valence-corrected chi connectivity index (χ3v) is 6.11. The zero-order valence-corrected chi connectivity index (χ0v) is 15.7. The molecule has 2 aliphatic heterocycles. The Labute approximate surface area is 153 Å². The minimum atomic E-state index is -0.358. The number of aliphatic hydroxyl groups excluding tert-OH is 1. The Kier molecular flexibility index (Phi) is 5.42. The number of nitrogens with one attached hydrogen (secondary N) is 1. The Balaban J connectivity index is 2.10. The van der Waals surface area contributed by atoms with Gasteiger partial charge in [0.2, 0.25) is 0 Å². The van der Waals surface area contributed by atoms with Crippen molar-refractivity contribution in [1.82, 2.24) is 10.4 Å². The molecule has 24 heavy (non-hydrogen) atoms. The summed E-state index contributed by atoms with van der Waals surface area (Å²) in [5.74, 6) is 0.195. The molecular formula is C18H24Cl2N2O2. The van der Waals surface area contributed by atoms with Gasteiger partial charge in [-0.15, -0.1) is 0 Å². The van der Waals surface area contributed by atoms with Gasteiger partial charge in [0.25, 0.3) is 0 Å². The molecule has 2 unspecified atom stereocenters. The topological polar surface area (TPSA) is 44.7 Å². The molecule has 2 bridgehead atoms. The van der Waals surface area contributed by atoms with Crippen LogP contribution in [0.25, 0.3) is 0 Å². The molecule has 132 valence electrons. The van der Waals surface area contributed by atoms with Gasteiger partial charge in [0.05, 0.1) is 29.3 Å². The van der Waals surface area contributed by atoms with Gasteiger partial charge in [-0.1, -0.05) is 36.2 Å². The summed E-state index contributed by atoms with van der Waals surface area (Å²) >= 11 is 12.3. The van der Waals surface area contributed by atoms with E-state index in [9.17, 15) is 5.11 Å². The van der Waals surface area contributed by atoms with Crippen LogP contribution in [0.1, 0.15) is 37.7 Å². The second kappa shape index (κ2) is 7.22. The van der Waals surface area contributed by atoms with E-state index in [1.807, 2.05) is 18.2 Å². The van der Waals surface area contributed by atoms with Crippen molar-refractivity contribution in [2.75, 3.05) is 14.2 Å². The number of piperidine rings is 1. The van der Waals surface area contributed by atoms with Crippen LogP contribution in [0.4, 0.5) is 0 Å². The first-order valence-electron chi connectivity index (χ1n) is 8.34. The smallest absolute Gasteiger partial charge is 0.0749 e. The number of allylic oxidation sites excluding steroid dienone is 1. The number of benzene rings is 1. The first-order chi connectivity index (χ1) is 11.5. The quantitative estimate of drug-likeness (QED) is 0.792. The summed E-state index contributed by atoms with van der Waals surface area (Å²) in [5, 5.41) is 11.8. The maximum absolute atomic E-state index is 10.6. The number of fused-ring (bicyclic) bond motifs is 2. The van der Waals surface area contributed by atoms with Crippen LogP contribution in [0.5, 0.6) is 0 Å². The Morgan fingerprint density at radius 1 is 1.33 bits per heavy atom. The highest BCUT2D eigenvalue weighted by Crippen LogP contribution is 2.47. The first-order valence-corrected chi connectivity index (χ1v) is 9.10. The number of aliphatic hydroxyl groups is 1. The number of hydrogen-bond donors (Lipinski definition) is 2. The molecule has 1 aromatic carbocycles. The molecule has 0 saturated carbocycles. The van der Waals surface area contributed by atoms with Crippen molar-refractivity contribution in [3.8, 4) is 0 Å². The molecule has 2 fully saturated rings. The zero-order valence-electron chi connectivity index (χ0n) is 14.2. The van der Waals surface area contributed by atoms with Crippen LogP contribution >= 0.6 is 23.2 Å².